The molecule has 2 rings (SSSR count). The Bertz CT molecular complexity index is 483. The van der Waals surface area contributed by atoms with Crippen LogP contribution in [0.4, 0.5) is 4.79 Å². The first kappa shape index (κ1) is 14.3. The molecule has 0 bridgehead atoms. The monoisotopic (exact) mass is 281 g/mol. The number of amides is 2. The van der Waals surface area contributed by atoms with Gasteiger partial charge in [0.05, 0.1) is 6.54 Å². The third-order valence-electron chi connectivity index (χ3n) is 3.22. The Morgan fingerprint density at radius 3 is 2.90 bits per heavy atom. The van der Waals surface area contributed by atoms with E-state index in [9.17, 15) is 9.59 Å². The van der Waals surface area contributed by atoms with Gasteiger partial charge in [0.1, 0.15) is 12.9 Å². The van der Waals surface area contributed by atoms with Gasteiger partial charge in [-0.3, -0.25) is 4.79 Å². The molecule has 1 aromatic rings. The molecular formula is C12H19N5O3. The lowest BCUT2D eigenvalue weighted by Crippen LogP contribution is -2.43. The number of hydrogen-bond acceptors (Lipinski definition) is 4. The van der Waals surface area contributed by atoms with Crippen LogP contribution in [0.25, 0.3) is 0 Å². The van der Waals surface area contributed by atoms with Gasteiger partial charge in [0.25, 0.3) is 0 Å². The Balaban J connectivity index is 1.88. The summed E-state index contributed by atoms with van der Waals surface area (Å²) >= 11 is 0. The molecule has 0 atom stereocenters. The highest BCUT2D eigenvalue weighted by atomic mass is 16.4. The Morgan fingerprint density at radius 2 is 2.30 bits per heavy atom. The van der Waals surface area contributed by atoms with Gasteiger partial charge in [-0.15, -0.1) is 10.2 Å². The van der Waals surface area contributed by atoms with Gasteiger partial charge in [-0.05, 0) is 25.7 Å². The number of nitrogens with one attached hydrogen (secondary N) is 1. The maximum absolute atomic E-state index is 12.0. The van der Waals surface area contributed by atoms with Crippen molar-refractivity contribution in [3.63, 3.8) is 0 Å². The summed E-state index contributed by atoms with van der Waals surface area (Å²) in [5.41, 5.74) is 0. The van der Waals surface area contributed by atoms with E-state index in [1.54, 1.807) is 6.33 Å². The molecule has 2 amide bonds. The zero-order valence-electron chi connectivity index (χ0n) is 11.4. The molecule has 0 spiro atoms. The third kappa shape index (κ3) is 3.94. The highest BCUT2D eigenvalue weighted by Crippen LogP contribution is 2.29. The number of aryl methyl sites for hydroxylation is 1. The van der Waals surface area contributed by atoms with Crippen LogP contribution in [0.1, 0.15) is 25.6 Å². The molecule has 1 saturated carbocycles. The number of carboxylic acids is 1. The van der Waals surface area contributed by atoms with E-state index in [1.807, 2.05) is 11.5 Å². The number of aliphatic carboxylic acids is 1. The molecule has 0 aliphatic heterocycles. The summed E-state index contributed by atoms with van der Waals surface area (Å²) in [7, 11) is 0. The van der Waals surface area contributed by atoms with Gasteiger partial charge in [-0.25, -0.2) is 4.79 Å². The second-order valence-corrected chi connectivity index (χ2v) is 4.91. The lowest BCUT2D eigenvalue weighted by atomic mass is 10.3. The molecule has 1 fully saturated rings. The van der Waals surface area contributed by atoms with Crippen LogP contribution in [0, 0.1) is 5.92 Å². The van der Waals surface area contributed by atoms with E-state index in [1.165, 1.54) is 4.90 Å². The maximum atomic E-state index is 12.0. The van der Waals surface area contributed by atoms with Crippen LogP contribution in [0.5, 0.6) is 0 Å². The Kier molecular flexibility index (Phi) is 4.54. The first-order valence-electron chi connectivity index (χ1n) is 6.71. The van der Waals surface area contributed by atoms with Crippen molar-refractivity contribution in [2.24, 2.45) is 5.92 Å². The van der Waals surface area contributed by atoms with Crippen molar-refractivity contribution in [3.8, 4) is 0 Å². The van der Waals surface area contributed by atoms with Gasteiger partial charge < -0.3 is 19.9 Å². The average Bonchev–Trinajstić information content (AvgIpc) is 3.10. The third-order valence-corrected chi connectivity index (χ3v) is 3.22. The summed E-state index contributed by atoms with van der Waals surface area (Å²) in [5, 5.41) is 19.2. The van der Waals surface area contributed by atoms with Gasteiger partial charge in [0.2, 0.25) is 0 Å². The van der Waals surface area contributed by atoms with Crippen molar-refractivity contribution < 1.29 is 14.7 Å². The zero-order valence-corrected chi connectivity index (χ0v) is 11.4. The molecule has 0 unspecified atom stereocenters. The van der Waals surface area contributed by atoms with E-state index in [4.69, 9.17) is 5.11 Å². The van der Waals surface area contributed by atoms with E-state index in [2.05, 4.69) is 15.5 Å². The second-order valence-electron chi connectivity index (χ2n) is 4.91. The smallest absolute Gasteiger partial charge is 0.323 e. The number of aromatic nitrogens is 3. The van der Waals surface area contributed by atoms with E-state index >= 15 is 0 Å². The van der Waals surface area contributed by atoms with E-state index in [0.29, 0.717) is 18.3 Å². The van der Waals surface area contributed by atoms with Crippen LogP contribution in [0.3, 0.4) is 0 Å². The van der Waals surface area contributed by atoms with Crippen molar-refractivity contribution in [1.82, 2.24) is 25.0 Å². The topological polar surface area (TPSA) is 100 Å². The average molecular weight is 281 g/mol. The van der Waals surface area contributed by atoms with Crippen molar-refractivity contribution in [1.29, 1.82) is 0 Å². The summed E-state index contributed by atoms with van der Waals surface area (Å²) < 4.78 is 1.82. The summed E-state index contributed by atoms with van der Waals surface area (Å²) in [4.78, 5) is 24.2. The van der Waals surface area contributed by atoms with Crippen LogP contribution in [-0.2, 0) is 17.9 Å². The lowest BCUT2D eigenvalue weighted by Gasteiger charge is -2.20. The van der Waals surface area contributed by atoms with E-state index in [0.717, 1.165) is 19.4 Å². The van der Waals surface area contributed by atoms with Crippen molar-refractivity contribution in [2.45, 2.75) is 32.9 Å². The standard InChI is InChI=1S/C12H19N5O3/c1-2-16-8-14-15-10(16)5-13-12(20)17(7-11(18)19)6-9-3-4-9/h8-9H,2-7H2,1H3,(H,13,20)(H,18,19). The molecule has 1 heterocycles. The van der Waals surface area contributed by atoms with Crippen LogP contribution >= 0.6 is 0 Å². The number of carbonyl (C=O) groups is 2. The summed E-state index contributed by atoms with van der Waals surface area (Å²) in [6, 6.07) is -0.370. The van der Waals surface area contributed by atoms with E-state index < -0.39 is 5.97 Å². The van der Waals surface area contributed by atoms with Gasteiger partial charge in [-0.2, -0.15) is 0 Å². The summed E-state index contributed by atoms with van der Waals surface area (Å²) in [6.07, 6.45) is 3.72. The van der Waals surface area contributed by atoms with Crippen LogP contribution in [0.2, 0.25) is 0 Å². The molecule has 1 aliphatic rings. The predicted octanol–water partition coefficient (Wildman–Crippen LogP) is 0.304. The van der Waals surface area contributed by atoms with Gasteiger partial charge in [-0.1, -0.05) is 0 Å². The van der Waals surface area contributed by atoms with Gasteiger partial charge >= 0.3 is 12.0 Å². The number of urea groups is 1. The maximum Gasteiger partial charge on any atom is 0.323 e. The molecule has 8 heteroatoms. The fourth-order valence-corrected chi connectivity index (χ4v) is 1.94. The van der Waals surface area contributed by atoms with Crippen molar-refractivity contribution >= 4 is 12.0 Å². The number of rotatable bonds is 7. The fraction of sp³-hybridized carbons (Fsp3) is 0.667. The molecule has 8 nitrogen and oxygen atoms in total. The molecule has 1 aliphatic carbocycles. The minimum absolute atomic E-state index is 0.244. The van der Waals surface area contributed by atoms with Crippen molar-refractivity contribution in [3.05, 3.63) is 12.2 Å². The second kappa shape index (κ2) is 6.36. The van der Waals surface area contributed by atoms with Crippen LogP contribution in [-0.4, -0.2) is 49.9 Å². The molecule has 0 saturated heterocycles. The summed E-state index contributed by atoms with van der Waals surface area (Å²) in [6.45, 7) is 3.15. The predicted molar refractivity (Wildman–Crippen MR) is 69.9 cm³/mol. The van der Waals surface area contributed by atoms with Crippen molar-refractivity contribution in [2.75, 3.05) is 13.1 Å². The molecule has 0 radical (unpaired) electrons. The minimum Gasteiger partial charge on any atom is -0.480 e. The quantitative estimate of drug-likeness (QED) is 0.749. The van der Waals surface area contributed by atoms with E-state index in [-0.39, 0.29) is 19.1 Å². The van der Waals surface area contributed by atoms with Gasteiger partial charge in [0, 0.05) is 13.1 Å². The molecule has 2 N–H and O–H groups in total. The lowest BCUT2D eigenvalue weighted by molar-refractivity contribution is -0.137. The molecule has 20 heavy (non-hydrogen) atoms. The number of nitrogens with zero attached hydrogens (tertiary/aromatic N) is 4. The number of carboxylic acid groups (broad SMARTS) is 1. The SMILES string of the molecule is CCn1cnnc1CNC(=O)N(CC(=O)O)CC1CC1. The number of hydrogen-bond donors (Lipinski definition) is 2. The fourth-order valence-electron chi connectivity index (χ4n) is 1.94. The molecule has 110 valence electrons. The normalized spacial score (nSPS) is 14.1. The summed E-state index contributed by atoms with van der Waals surface area (Å²) in [5.74, 6) is 0.0967. The van der Waals surface area contributed by atoms with Crippen LogP contribution < -0.4 is 5.32 Å². The zero-order chi connectivity index (χ0) is 14.5. The Labute approximate surface area is 116 Å². The Morgan fingerprint density at radius 1 is 1.55 bits per heavy atom. The molecular weight excluding hydrogens is 262 g/mol. The minimum atomic E-state index is -1.00. The number of carbonyl (C=O) groups excluding carboxylic acids is 1. The first-order chi connectivity index (χ1) is 9.60. The molecule has 1 aromatic heterocycles. The highest BCUT2D eigenvalue weighted by Gasteiger charge is 2.27. The first-order valence-corrected chi connectivity index (χ1v) is 6.71. The Hall–Kier alpha value is -2.12. The van der Waals surface area contributed by atoms with Crippen LogP contribution in [0.15, 0.2) is 6.33 Å². The molecule has 0 aromatic carbocycles. The van der Waals surface area contributed by atoms with Gasteiger partial charge in [0.15, 0.2) is 5.82 Å². The highest BCUT2D eigenvalue weighted by molar-refractivity contribution is 5.80. The largest absolute Gasteiger partial charge is 0.480 e.